The van der Waals surface area contributed by atoms with Crippen molar-refractivity contribution in [3.63, 3.8) is 0 Å². The number of nitrogens with zero attached hydrogens (tertiary/aromatic N) is 1. The van der Waals surface area contributed by atoms with Crippen LogP contribution in [0.4, 0.5) is 5.69 Å². The highest BCUT2D eigenvalue weighted by atomic mass is 16.5. The Hall–Kier alpha value is -2.29. The van der Waals surface area contributed by atoms with Gasteiger partial charge >= 0.3 is 0 Å². The maximum atomic E-state index is 5.89. The Kier molecular flexibility index (Phi) is 3.19. The minimum Gasteiger partial charge on any atom is -0.457 e. The average Bonchev–Trinajstić information content (AvgIpc) is 3.27. The predicted molar refractivity (Wildman–Crippen MR) is 77.0 cm³/mol. The maximum absolute atomic E-state index is 5.89. The first-order chi connectivity index (χ1) is 9.31. The number of amidine groups is 1. The molecule has 0 aromatic heterocycles. The van der Waals surface area contributed by atoms with E-state index in [4.69, 9.17) is 10.5 Å². The smallest absolute Gasteiger partial charge is 0.127 e. The number of hydrogen-bond donors (Lipinski definition) is 1. The van der Waals surface area contributed by atoms with Crippen LogP contribution in [0.3, 0.4) is 0 Å². The van der Waals surface area contributed by atoms with Gasteiger partial charge in [0.15, 0.2) is 0 Å². The second-order valence-corrected chi connectivity index (χ2v) is 4.72. The number of para-hydroxylation sites is 1. The van der Waals surface area contributed by atoms with Crippen molar-refractivity contribution in [1.29, 1.82) is 0 Å². The van der Waals surface area contributed by atoms with Gasteiger partial charge in [-0.1, -0.05) is 18.2 Å². The molecule has 0 saturated heterocycles. The molecule has 3 nitrogen and oxygen atoms in total. The van der Waals surface area contributed by atoms with Gasteiger partial charge in [0.25, 0.3) is 0 Å². The van der Waals surface area contributed by atoms with Gasteiger partial charge in [-0.15, -0.1) is 0 Å². The van der Waals surface area contributed by atoms with Gasteiger partial charge in [0.05, 0.1) is 5.69 Å². The second kappa shape index (κ2) is 5.14. The van der Waals surface area contributed by atoms with Crippen molar-refractivity contribution in [3.05, 3.63) is 54.6 Å². The molecule has 1 fully saturated rings. The molecule has 19 heavy (non-hydrogen) atoms. The van der Waals surface area contributed by atoms with E-state index in [1.807, 2.05) is 54.6 Å². The van der Waals surface area contributed by atoms with Crippen LogP contribution in [0.1, 0.15) is 12.8 Å². The molecule has 1 aliphatic carbocycles. The van der Waals surface area contributed by atoms with E-state index in [1.165, 1.54) is 12.8 Å². The average molecular weight is 252 g/mol. The minimum absolute atomic E-state index is 0.500. The SMILES string of the molecule is NC(=Nc1ccc(Oc2ccccc2)cc1)C1CC1. The quantitative estimate of drug-likeness (QED) is 0.663. The molecular formula is C16H16N2O. The van der Waals surface area contributed by atoms with Crippen LogP contribution in [-0.4, -0.2) is 5.84 Å². The highest BCUT2D eigenvalue weighted by molar-refractivity contribution is 5.87. The third-order valence-corrected chi connectivity index (χ3v) is 3.07. The summed E-state index contributed by atoms with van der Waals surface area (Å²) in [4.78, 5) is 4.41. The molecule has 3 rings (SSSR count). The molecule has 0 amide bonds. The van der Waals surface area contributed by atoms with Crippen molar-refractivity contribution in [1.82, 2.24) is 0 Å². The third kappa shape index (κ3) is 3.13. The zero-order valence-electron chi connectivity index (χ0n) is 10.6. The molecule has 2 aromatic rings. The van der Waals surface area contributed by atoms with E-state index in [-0.39, 0.29) is 0 Å². The van der Waals surface area contributed by atoms with E-state index in [2.05, 4.69) is 4.99 Å². The molecule has 2 aromatic carbocycles. The topological polar surface area (TPSA) is 47.6 Å². The molecule has 2 N–H and O–H groups in total. The van der Waals surface area contributed by atoms with Gasteiger partial charge in [-0.3, -0.25) is 0 Å². The van der Waals surface area contributed by atoms with Crippen LogP contribution in [0.25, 0.3) is 0 Å². The standard InChI is InChI=1S/C16H16N2O/c17-16(12-6-7-12)18-13-8-10-15(11-9-13)19-14-4-2-1-3-5-14/h1-5,8-12H,6-7H2,(H2,17,18). The van der Waals surface area contributed by atoms with Crippen molar-refractivity contribution >= 4 is 11.5 Å². The fraction of sp³-hybridized carbons (Fsp3) is 0.188. The summed E-state index contributed by atoms with van der Waals surface area (Å²) in [5.41, 5.74) is 6.77. The molecule has 1 aliphatic rings. The molecule has 0 aliphatic heterocycles. The molecular weight excluding hydrogens is 236 g/mol. The van der Waals surface area contributed by atoms with Crippen molar-refractivity contribution in [3.8, 4) is 11.5 Å². The highest BCUT2D eigenvalue weighted by Gasteiger charge is 2.25. The summed E-state index contributed by atoms with van der Waals surface area (Å²) in [5, 5.41) is 0. The number of aliphatic imine (C=N–C) groups is 1. The molecule has 0 unspecified atom stereocenters. The lowest BCUT2D eigenvalue weighted by atomic mass is 10.3. The van der Waals surface area contributed by atoms with Crippen LogP contribution < -0.4 is 10.5 Å². The van der Waals surface area contributed by atoms with E-state index >= 15 is 0 Å². The van der Waals surface area contributed by atoms with Gasteiger partial charge in [0, 0.05) is 5.92 Å². The Morgan fingerprint density at radius 3 is 2.21 bits per heavy atom. The summed E-state index contributed by atoms with van der Waals surface area (Å²) in [5.74, 6) is 2.88. The number of hydrogen-bond acceptors (Lipinski definition) is 2. The van der Waals surface area contributed by atoms with Gasteiger partial charge < -0.3 is 10.5 Å². The van der Waals surface area contributed by atoms with Gasteiger partial charge in [-0.05, 0) is 49.2 Å². The molecule has 0 radical (unpaired) electrons. The zero-order valence-corrected chi connectivity index (χ0v) is 10.6. The van der Waals surface area contributed by atoms with Crippen LogP contribution in [-0.2, 0) is 0 Å². The zero-order chi connectivity index (χ0) is 13.1. The lowest BCUT2D eigenvalue weighted by molar-refractivity contribution is 0.483. The molecule has 0 spiro atoms. The summed E-state index contributed by atoms with van der Waals surface area (Å²) in [6.07, 6.45) is 2.34. The first-order valence-electron chi connectivity index (χ1n) is 6.48. The molecule has 0 atom stereocenters. The number of ether oxygens (including phenoxy) is 1. The number of nitrogens with two attached hydrogens (primary N) is 1. The monoisotopic (exact) mass is 252 g/mol. The maximum Gasteiger partial charge on any atom is 0.127 e. The minimum atomic E-state index is 0.500. The molecule has 1 saturated carbocycles. The third-order valence-electron chi connectivity index (χ3n) is 3.07. The Balaban J connectivity index is 1.70. The van der Waals surface area contributed by atoms with E-state index in [0.717, 1.165) is 23.0 Å². The van der Waals surface area contributed by atoms with Crippen LogP contribution in [0, 0.1) is 5.92 Å². The first kappa shape index (κ1) is 11.8. The fourth-order valence-electron chi connectivity index (χ4n) is 1.83. The van der Waals surface area contributed by atoms with Gasteiger partial charge in [-0.2, -0.15) is 0 Å². The van der Waals surface area contributed by atoms with E-state index in [1.54, 1.807) is 0 Å². The van der Waals surface area contributed by atoms with Gasteiger partial charge in [0.1, 0.15) is 17.3 Å². The molecule has 96 valence electrons. The normalized spacial score (nSPS) is 15.3. The molecule has 3 heteroatoms. The predicted octanol–water partition coefficient (Wildman–Crippen LogP) is 3.88. The largest absolute Gasteiger partial charge is 0.457 e. The summed E-state index contributed by atoms with van der Waals surface area (Å²) in [6.45, 7) is 0. The number of benzene rings is 2. The lowest BCUT2D eigenvalue weighted by Crippen LogP contribution is -2.12. The van der Waals surface area contributed by atoms with E-state index in [0.29, 0.717) is 5.92 Å². The van der Waals surface area contributed by atoms with E-state index < -0.39 is 0 Å². The Bertz CT molecular complexity index is 571. The Labute approximate surface area is 112 Å². The summed E-state index contributed by atoms with van der Waals surface area (Å²) >= 11 is 0. The lowest BCUT2D eigenvalue weighted by Gasteiger charge is -2.05. The second-order valence-electron chi connectivity index (χ2n) is 4.72. The van der Waals surface area contributed by atoms with Crippen LogP contribution in [0.5, 0.6) is 11.5 Å². The van der Waals surface area contributed by atoms with E-state index in [9.17, 15) is 0 Å². The molecule has 0 heterocycles. The fourth-order valence-corrected chi connectivity index (χ4v) is 1.83. The first-order valence-corrected chi connectivity index (χ1v) is 6.48. The van der Waals surface area contributed by atoms with Crippen LogP contribution in [0.15, 0.2) is 59.6 Å². The van der Waals surface area contributed by atoms with Gasteiger partial charge in [-0.25, -0.2) is 4.99 Å². The van der Waals surface area contributed by atoms with Gasteiger partial charge in [0.2, 0.25) is 0 Å². The van der Waals surface area contributed by atoms with Crippen molar-refractivity contribution in [2.75, 3.05) is 0 Å². The summed E-state index contributed by atoms with van der Waals surface area (Å²) in [7, 11) is 0. The van der Waals surface area contributed by atoms with Crippen molar-refractivity contribution in [2.45, 2.75) is 12.8 Å². The van der Waals surface area contributed by atoms with Crippen LogP contribution in [0.2, 0.25) is 0 Å². The summed E-state index contributed by atoms with van der Waals surface area (Å²) in [6, 6.07) is 17.4. The number of rotatable bonds is 4. The molecule has 0 bridgehead atoms. The summed E-state index contributed by atoms with van der Waals surface area (Å²) < 4.78 is 5.72. The highest BCUT2D eigenvalue weighted by Crippen LogP contribution is 2.30. The van der Waals surface area contributed by atoms with Crippen molar-refractivity contribution < 1.29 is 4.74 Å². The Morgan fingerprint density at radius 2 is 1.58 bits per heavy atom. The van der Waals surface area contributed by atoms with Crippen LogP contribution >= 0.6 is 0 Å². The van der Waals surface area contributed by atoms with Crippen molar-refractivity contribution in [2.24, 2.45) is 16.6 Å². The Morgan fingerprint density at radius 1 is 0.947 bits per heavy atom.